The number of hydrogen-bond acceptors (Lipinski definition) is 2. The van der Waals surface area contributed by atoms with Gasteiger partial charge in [-0.3, -0.25) is 4.79 Å². The van der Waals surface area contributed by atoms with Gasteiger partial charge in [0.05, 0.1) is 23.1 Å². The Kier molecular flexibility index (Phi) is 5.27. The standard InChI is InChI=1S/C12H12Cl2N2O/c1-2-16(7-3-6-15)12(17)10-8-9(13)4-5-11(10)14/h4-5,8H,2-3,7H2,1H3. The van der Waals surface area contributed by atoms with E-state index in [-0.39, 0.29) is 5.91 Å². The molecule has 0 unspecified atom stereocenters. The van der Waals surface area contributed by atoms with Crippen LogP contribution in [-0.2, 0) is 0 Å². The van der Waals surface area contributed by atoms with E-state index in [1.54, 1.807) is 23.1 Å². The Morgan fingerprint density at radius 3 is 2.76 bits per heavy atom. The van der Waals surface area contributed by atoms with E-state index in [9.17, 15) is 4.79 Å². The predicted octanol–water partition coefficient (Wildman–Crippen LogP) is 3.37. The fourth-order valence-electron chi connectivity index (χ4n) is 1.42. The van der Waals surface area contributed by atoms with Crippen molar-refractivity contribution in [1.29, 1.82) is 5.26 Å². The largest absolute Gasteiger partial charge is 0.338 e. The molecule has 0 aromatic heterocycles. The Morgan fingerprint density at radius 2 is 2.18 bits per heavy atom. The molecule has 0 aliphatic rings. The number of benzene rings is 1. The first kappa shape index (κ1) is 13.8. The molecule has 0 N–H and O–H groups in total. The van der Waals surface area contributed by atoms with Crippen LogP contribution in [-0.4, -0.2) is 23.9 Å². The molecule has 5 heteroatoms. The quantitative estimate of drug-likeness (QED) is 0.842. The van der Waals surface area contributed by atoms with E-state index in [1.807, 2.05) is 13.0 Å². The van der Waals surface area contributed by atoms with Crippen LogP contribution in [0.15, 0.2) is 18.2 Å². The number of carbonyl (C=O) groups is 1. The van der Waals surface area contributed by atoms with E-state index in [0.717, 1.165) is 0 Å². The van der Waals surface area contributed by atoms with Crippen molar-refractivity contribution < 1.29 is 4.79 Å². The summed E-state index contributed by atoms with van der Waals surface area (Å²) < 4.78 is 0. The minimum Gasteiger partial charge on any atom is -0.338 e. The maximum absolute atomic E-state index is 12.1. The highest BCUT2D eigenvalue weighted by molar-refractivity contribution is 6.35. The van der Waals surface area contributed by atoms with E-state index in [2.05, 4.69) is 0 Å². The molecule has 0 aliphatic carbocycles. The van der Waals surface area contributed by atoms with Crippen LogP contribution in [0.25, 0.3) is 0 Å². The SMILES string of the molecule is CCN(CCC#N)C(=O)c1cc(Cl)ccc1Cl. The highest BCUT2D eigenvalue weighted by atomic mass is 35.5. The van der Waals surface area contributed by atoms with Gasteiger partial charge in [-0.15, -0.1) is 0 Å². The molecule has 0 spiro atoms. The molecule has 1 amide bonds. The van der Waals surface area contributed by atoms with Gasteiger partial charge in [0.2, 0.25) is 0 Å². The van der Waals surface area contributed by atoms with E-state index in [4.69, 9.17) is 28.5 Å². The Labute approximate surface area is 111 Å². The summed E-state index contributed by atoms with van der Waals surface area (Å²) in [5.41, 5.74) is 0.374. The van der Waals surface area contributed by atoms with Crippen molar-refractivity contribution in [3.8, 4) is 6.07 Å². The third kappa shape index (κ3) is 3.62. The van der Waals surface area contributed by atoms with Crippen LogP contribution in [0.3, 0.4) is 0 Å². The normalized spacial score (nSPS) is 9.76. The van der Waals surface area contributed by atoms with E-state index in [0.29, 0.717) is 35.1 Å². The molecule has 0 atom stereocenters. The van der Waals surface area contributed by atoms with E-state index >= 15 is 0 Å². The second-order valence-electron chi connectivity index (χ2n) is 3.42. The number of rotatable bonds is 4. The fraction of sp³-hybridized carbons (Fsp3) is 0.333. The van der Waals surface area contributed by atoms with Crippen LogP contribution in [0.5, 0.6) is 0 Å². The number of nitrogens with zero attached hydrogens (tertiary/aromatic N) is 2. The minimum absolute atomic E-state index is 0.199. The van der Waals surface area contributed by atoms with Gasteiger partial charge in [-0.1, -0.05) is 23.2 Å². The molecule has 0 heterocycles. The Bertz CT molecular complexity index is 454. The lowest BCUT2D eigenvalue weighted by atomic mass is 10.2. The van der Waals surface area contributed by atoms with Gasteiger partial charge in [0, 0.05) is 18.1 Å². The number of carbonyl (C=O) groups excluding carboxylic acids is 1. The third-order valence-electron chi connectivity index (χ3n) is 2.32. The lowest BCUT2D eigenvalue weighted by molar-refractivity contribution is 0.0768. The maximum Gasteiger partial charge on any atom is 0.255 e. The molecule has 1 aromatic carbocycles. The summed E-state index contributed by atoms with van der Waals surface area (Å²) >= 11 is 11.8. The molecular formula is C12H12Cl2N2O. The first-order valence-electron chi connectivity index (χ1n) is 5.21. The van der Waals surface area contributed by atoms with Crippen LogP contribution >= 0.6 is 23.2 Å². The number of halogens is 2. The summed E-state index contributed by atoms with van der Waals surface area (Å²) in [6.07, 6.45) is 0.303. The topological polar surface area (TPSA) is 44.1 Å². The summed E-state index contributed by atoms with van der Waals surface area (Å²) in [4.78, 5) is 13.7. The van der Waals surface area contributed by atoms with E-state index in [1.165, 1.54) is 0 Å². The number of amides is 1. The summed E-state index contributed by atoms with van der Waals surface area (Å²) in [5.74, 6) is -0.199. The van der Waals surface area contributed by atoms with Crippen LogP contribution in [0.2, 0.25) is 10.0 Å². The average molecular weight is 271 g/mol. The number of hydrogen-bond donors (Lipinski definition) is 0. The first-order chi connectivity index (χ1) is 8.10. The van der Waals surface area contributed by atoms with Gasteiger partial charge in [0.25, 0.3) is 5.91 Å². The predicted molar refractivity (Wildman–Crippen MR) is 68.3 cm³/mol. The summed E-state index contributed by atoms with van der Waals surface area (Å²) in [6, 6.07) is 6.78. The average Bonchev–Trinajstić information content (AvgIpc) is 2.33. The van der Waals surface area contributed by atoms with Crippen molar-refractivity contribution in [2.75, 3.05) is 13.1 Å². The van der Waals surface area contributed by atoms with Crippen LogP contribution in [0, 0.1) is 11.3 Å². The van der Waals surface area contributed by atoms with Crippen molar-refractivity contribution in [3.63, 3.8) is 0 Å². The van der Waals surface area contributed by atoms with Gasteiger partial charge in [-0.05, 0) is 25.1 Å². The molecule has 3 nitrogen and oxygen atoms in total. The maximum atomic E-state index is 12.1. The zero-order chi connectivity index (χ0) is 12.8. The molecule has 0 radical (unpaired) electrons. The van der Waals surface area contributed by atoms with Crippen molar-refractivity contribution in [2.24, 2.45) is 0 Å². The van der Waals surface area contributed by atoms with Gasteiger partial charge >= 0.3 is 0 Å². The molecule has 0 fully saturated rings. The summed E-state index contributed by atoms with van der Waals surface area (Å²) in [6.45, 7) is 2.78. The van der Waals surface area contributed by atoms with Crippen molar-refractivity contribution in [1.82, 2.24) is 4.90 Å². The Balaban J connectivity index is 2.94. The van der Waals surface area contributed by atoms with Gasteiger partial charge in [-0.2, -0.15) is 5.26 Å². The first-order valence-corrected chi connectivity index (χ1v) is 5.97. The molecule has 0 aliphatic heterocycles. The lowest BCUT2D eigenvalue weighted by Crippen LogP contribution is -2.31. The highest BCUT2D eigenvalue weighted by Crippen LogP contribution is 2.22. The monoisotopic (exact) mass is 270 g/mol. The Hall–Kier alpha value is -1.24. The van der Waals surface area contributed by atoms with Gasteiger partial charge in [0.1, 0.15) is 0 Å². The smallest absolute Gasteiger partial charge is 0.255 e. The zero-order valence-electron chi connectivity index (χ0n) is 9.41. The van der Waals surface area contributed by atoms with E-state index < -0.39 is 0 Å². The molecule has 0 saturated heterocycles. The molecular weight excluding hydrogens is 259 g/mol. The molecule has 17 heavy (non-hydrogen) atoms. The highest BCUT2D eigenvalue weighted by Gasteiger charge is 2.17. The third-order valence-corrected chi connectivity index (χ3v) is 2.89. The summed E-state index contributed by atoms with van der Waals surface area (Å²) in [7, 11) is 0. The Morgan fingerprint density at radius 1 is 1.47 bits per heavy atom. The second-order valence-corrected chi connectivity index (χ2v) is 4.26. The van der Waals surface area contributed by atoms with Gasteiger partial charge < -0.3 is 4.90 Å². The van der Waals surface area contributed by atoms with Crippen molar-refractivity contribution in [3.05, 3.63) is 33.8 Å². The zero-order valence-corrected chi connectivity index (χ0v) is 10.9. The fourth-order valence-corrected chi connectivity index (χ4v) is 1.79. The van der Waals surface area contributed by atoms with Crippen LogP contribution < -0.4 is 0 Å². The molecule has 90 valence electrons. The lowest BCUT2D eigenvalue weighted by Gasteiger charge is -2.20. The van der Waals surface area contributed by atoms with Crippen molar-refractivity contribution in [2.45, 2.75) is 13.3 Å². The molecule has 0 bridgehead atoms. The minimum atomic E-state index is -0.199. The van der Waals surface area contributed by atoms with Gasteiger partial charge in [0.15, 0.2) is 0 Å². The number of nitriles is 1. The molecule has 1 rings (SSSR count). The van der Waals surface area contributed by atoms with Gasteiger partial charge in [-0.25, -0.2) is 0 Å². The van der Waals surface area contributed by atoms with Crippen LogP contribution in [0.1, 0.15) is 23.7 Å². The molecule has 0 saturated carbocycles. The molecule has 1 aromatic rings. The summed E-state index contributed by atoms with van der Waals surface area (Å²) in [5, 5.41) is 9.36. The van der Waals surface area contributed by atoms with Crippen LogP contribution in [0.4, 0.5) is 0 Å². The second kappa shape index (κ2) is 6.48. The van der Waals surface area contributed by atoms with Crippen molar-refractivity contribution >= 4 is 29.1 Å².